The highest BCUT2D eigenvalue weighted by Crippen LogP contribution is 2.11. The van der Waals surface area contributed by atoms with Crippen LogP contribution in [-0.2, 0) is 13.1 Å². The van der Waals surface area contributed by atoms with Gasteiger partial charge in [-0.2, -0.15) is 5.10 Å². The number of anilines is 1. The van der Waals surface area contributed by atoms with Crippen LogP contribution in [0, 0.1) is 0 Å². The Morgan fingerprint density at radius 2 is 2.19 bits per heavy atom. The normalized spacial score (nSPS) is 10.2. The van der Waals surface area contributed by atoms with Crippen LogP contribution >= 0.6 is 12.2 Å². The number of ketones is 1. The van der Waals surface area contributed by atoms with Crippen molar-refractivity contribution in [2.24, 2.45) is 0 Å². The van der Waals surface area contributed by atoms with Gasteiger partial charge in [0.1, 0.15) is 0 Å². The molecule has 21 heavy (non-hydrogen) atoms. The molecule has 0 saturated carbocycles. The molecule has 6 heteroatoms. The van der Waals surface area contributed by atoms with E-state index in [4.69, 9.17) is 12.2 Å². The lowest BCUT2D eigenvalue weighted by Gasteiger charge is -2.11. The summed E-state index contributed by atoms with van der Waals surface area (Å²) in [5.74, 6) is 0.0318. The largest absolute Gasteiger partial charge is 0.357 e. The van der Waals surface area contributed by atoms with Gasteiger partial charge in [0.05, 0.1) is 12.2 Å². The first-order valence-electron chi connectivity index (χ1n) is 6.76. The number of nitrogens with zero attached hydrogens (tertiary/aromatic N) is 2. The van der Waals surface area contributed by atoms with Crippen molar-refractivity contribution in [3.8, 4) is 0 Å². The summed E-state index contributed by atoms with van der Waals surface area (Å²) >= 11 is 5.26. The number of carbonyl (C=O) groups is 1. The Hall–Kier alpha value is -2.21. The molecule has 0 unspecified atom stereocenters. The monoisotopic (exact) mass is 302 g/mol. The Bertz CT molecular complexity index is 651. The second-order valence-corrected chi connectivity index (χ2v) is 4.99. The van der Waals surface area contributed by atoms with Gasteiger partial charge in [-0.15, -0.1) is 0 Å². The summed E-state index contributed by atoms with van der Waals surface area (Å²) in [6.07, 6.45) is 1.77. The molecule has 2 rings (SSSR count). The molecule has 1 heterocycles. The Kier molecular flexibility index (Phi) is 5.05. The molecule has 0 fully saturated rings. The molecule has 1 aromatic carbocycles. The maximum atomic E-state index is 11.3. The van der Waals surface area contributed by atoms with Gasteiger partial charge in [0.2, 0.25) is 0 Å². The standard InChI is InChI=1S/C15H18N4OS/c1-3-19-14(7-8-17-19)10-16-15(21)18-13-6-4-5-12(9-13)11(2)20/h4-9H,3,10H2,1-2H3,(H2,16,18,21). The molecule has 0 amide bonds. The van der Waals surface area contributed by atoms with Crippen LogP contribution in [-0.4, -0.2) is 20.7 Å². The first kappa shape index (κ1) is 15.2. The maximum Gasteiger partial charge on any atom is 0.171 e. The van der Waals surface area contributed by atoms with Crippen molar-refractivity contribution in [1.82, 2.24) is 15.1 Å². The summed E-state index contributed by atoms with van der Waals surface area (Å²) in [7, 11) is 0. The van der Waals surface area contributed by atoms with Crippen molar-refractivity contribution in [3.63, 3.8) is 0 Å². The molecule has 0 aliphatic carbocycles. The molecule has 0 saturated heterocycles. The summed E-state index contributed by atoms with van der Waals surface area (Å²) in [4.78, 5) is 11.3. The van der Waals surface area contributed by atoms with Crippen LogP contribution in [0.5, 0.6) is 0 Å². The fourth-order valence-corrected chi connectivity index (χ4v) is 2.15. The number of hydrogen-bond donors (Lipinski definition) is 2. The van der Waals surface area contributed by atoms with Crippen LogP contribution in [0.25, 0.3) is 0 Å². The van der Waals surface area contributed by atoms with Gasteiger partial charge in [0.25, 0.3) is 0 Å². The van der Waals surface area contributed by atoms with Crippen LogP contribution in [0.3, 0.4) is 0 Å². The molecular formula is C15H18N4OS. The van der Waals surface area contributed by atoms with Crippen LogP contribution in [0.15, 0.2) is 36.5 Å². The van der Waals surface area contributed by atoms with Crippen molar-refractivity contribution in [2.75, 3.05) is 5.32 Å². The Labute approximate surface area is 129 Å². The third-order valence-electron chi connectivity index (χ3n) is 3.06. The molecule has 110 valence electrons. The van der Waals surface area contributed by atoms with Crippen molar-refractivity contribution >= 4 is 28.8 Å². The summed E-state index contributed by atoms with van der Waals surface area (Å²) in [5.41, 5.74) is 2.52. The molecule has 0 spiro atoms. The SMILES string of the molecule is CCn1nccc1CNC(=S)Nc1cccc(C(C)=O)c1. The molecule has 0 atom stereocenters. The predicted octanol–water partition coefficient (Wildman–Crippen LogP) is 2.59. The summed E-state index contributed by atoms with van der Waals surface area (Å²) in [6.45, 7) is 5.01. The first-order valence-corrected chi connectivity index (χ1v) is 7.17. The number of carbonyl (C=O) groups excluding carboxylic acids is 1. The number of rotatable bonds is 5. The average molecular weight is 302 g/mol. The van der Waals surface area contributed by atoms with Crippen molar-refractivity contribution < 1.29 is 4.79 Å². The van der Waals surface area contributed by atoms with Crippen LogP contribution in [0.4, 0.5) is 5.69 Å². The smallest absolute Gasteiger partial charge is 0.171 e. The minimum Gasteiger partial charge on any atom is -0.357 e. The third-order valence-corrected chi connectivity index (χ3v) is 3.31. The first-order chi connectivity index (χ1) is 10.1. The lowest BCUT2D eigenvalue weighted by molar-refractivity contribution is 0.101. The van der Waals surface area contributed by atoms with E-state index in [0.29, 0.717) is 17.2 Å². The van der Waals surface area contributed by atoms with Gasteiger partial charge in [-0.25, -0.2) is 0 Å². The zero-order chi connectivity index (χ0) is 15.2. The average Bonchev–Trinajstić information content (AvgIpc) is 2.93. The summed E-state index contributed by atoms with van der Waals surface area (Å²) in [5, 5.41) is 10.9. The highest BCUT2D eigenvalue weighted by atomic mass is 32.1. The van der Waals surface area contributed by atoms with E-state index in [-0.39, 0.29) is 5.78 Å². The lowest BCUT2D eigenvalue weighted by Crippen LogP contribution is -2.29. The number of Topliss-reactive ketones (excluding diaryl/α,β-unsaturated/α-hetero) is 1. The van der Waals surface area contributed by atoms with E-state index in [1.165, 1.54) is 0 Å². The maximum absolute atomic E-state index is 11.3. The number of hydrogen-bond acceptors (Lipinski definition) is 3. The van der Waals surface area contributed by atoms with Gasteiger partial charge < -0.3 is 10.6 Å². The number of benzene rings is 1. The number of aryl methyl sites for hydroxylation is 1. The molecule has 0 aliphatic heterocycles. The predicted molar refractivity (Wildman–Crippen MR) is 87.4 cm³/mol. The fourth-order valence-electron chi connectivity index (χ4n) is 1.96. The van der Waals surface area contributed by atoms with Crippen molar-refractivity contribution in [2.45, 2.75) is 26.9 Å². The summed E-state index contributed by atoms with van der Waals surface area (Å²) in [6, 6.07) is 9.22. The van der Waals surface area contributed by atoms with Gasteiger partial charge in [-0.3, -0.25) is 9.48 Å². The molecule has 1 aromatic heterocycles. The van der Waals surface area contributed by atoms with Gasteiger partial charge in [-0.1, -0.05) is 12.1 Å². The fraction of sp³-hybridized carbons (Fsp3) is 0.267. The highest BCUT2D eigenvalue weighted by molar-refractivity contribution is 7.80. The van der Waals surface area contributed by atoms with E-state index in [2.05, 4.69) is 15.7 Å². The number of aromatic nitrogens is 2. The Balaban J connectivity index is 1.93. The van der Waals surface area contributed by atoms with E-state index in [1.54, 1.807) is 25.3 Å². The number of nitrogens with one attached hydrogen (secondary N) is 2. The minimum absolute atomic E-state index is 0.0318. The molecule has 2 N–H and O–H groups in total. The second kappa shape index (κ2) is 6.99. The lowest BCUT2D eigenvalue weighted by atomic mass is 10.1. The van der Waals surface area contributed by atoms with E-state index in [0.717, 1.165) is 17.9 Å². The van der Waals surface area contributed by atoms with Crippen LogP contribution < -0.4 is 10.6 Å². The van der Waals surface area contributed by atoms with Crippen LogP contribution in [0.1, 0.15) is 29.9 Å². The molecule has 5 nitrogen and oxygen atoms in total. The van der Waals surface area contributed by atoms with Crippen LogP contribution in [0.2, 0.25) is 0 Å². The Morgan fingerprint density at radius 1 is 1.38 bits per heavy atom. The zero-order valence-electron chi connectivity index (χ0n) is 12.1. The van der Waals surface area contributed by atoms with Gasteiger partial charge >= 0.3 is 0 Å². The summed E-state index contributed by atoms with van der Waals surface area (Å²) < 4.78 is 1.91. The quantitative estimate of drug-likeness (QED) is 0.657. The van der Waals surface area contributed by atoms with Crippen molar-refractivity contribution in [1.29, 1.82) is 0 Å². The molecular weight excluding hydrogens is 284 g/mol. The van der Waals surface area contributed by atoms with Gasteiger partial charge in [0, 0.05) is 24.0 Å². The highest BCUT2D eigenvalue weighted by Gasteiger charge is 2.04. The Morgan fingerprint density at radius 3 is 2.90 bits per heavy atom. The van der Waals surface area contributed by atoms with E-state index in [9.17, 15) is 4.79 Å². The van der Waals surface area contributed by atoms with Gasteiger partial charge in [0.15, 0.2) is 10.9 Å². The van der Waals surface area contributed by atoms with E-state index < -0.39 is 0 Å². The molecule has 0 bridgehead atoms. The molecule has 0 aliphatic rings. The van der Waals surface area contributed by atoms with E-state index >= 15 is 0 Å². The second-order valence-electron chi connectivity index (χ2n) is 4.58. The van der Waals surface area contributed by atoms with E-state index in [1.807, 2.05) is 29.8 Å². The zero-order valence-corrected chi connectivity index (χ0v) is 12.9. The van der Waals surface area contributed by atoms with Crippen molar-refractivity contribution in [3.05, 3.63) is 47.8 Å². The van der Waals surface area contributed by atoms with Gasteiger partial charge in [-0.05, 0) is 44.3 Å². The topological polar surface area (TPSA) is 59.0 Å². The molecule has 2 aromatic rings. The number of thiocarbonyl (C=S) groups is 1. The minimum atomic E-state index is 0.0318. The molecule has 0 radical (unpaired) electrons. The third kappa shape index (κ3) is 4.13.